The molecule has 0 aliphatic heterocycles. The van der Waals surface area contributed by atoms with Gasteiger partial charge in [-0.15, -0.1) is 0 Å². The molecule has 0 fully saturated rings. The topological polar surface area (TPSA) is 14.8 Å². The van der Waals surface area contributed by atoms with Gasteiger partial charge < -0.3 is 13.7 Å². The Morgan fingerprint density at radius 2 is 0.700 bits per heavy atom. The summed E-state index contributed by atoms with van der Waals surface area (Å²) in [6.07, 6.45) is 0. The fourth-order valence-corrected chi connectivity index (χ4v) is 16.8. The average molecular weight is 908 g/mol. The molecule has 3 nitrogen and oxygen atoms in total. The van der Waals surface area contributed by atoms with Gasteiger partial charge >= 0.3 is 0 Å². The number of fused-ring (bicyclic) bond motifs is 9. The summed E-state index contributed by atoms with van der Waals surface area (Å²) in [4.78, 5) is 0. The molecule has 14 rings (SSSR count). The number of hydrogen-bond acceptors (Lipinski definition) is 0. The Labute approximate surface area is 407 Å². The highest BCUT2D eigenvalue weighted by Gasteiger charge is 2.43. The number of para-hydroxylation sites is 5. The van der Waals surface area contributed by atoms with Gasteiger partial charge in [-0.3, -0.25) is 0 Å². The maximum atomic E-state index is 2.61. The minimum atomic E-state index is -3.04. The SMILES string of the molecule is c1ccc(-c2ccccc2-n2c3ccccc3c3cc(-n4c5cc(-n6c7ccccc7c7ccccc76)ccc5c5cccc([Si](c6ccccc6)(c6ccccc6)c6ccccc6)c54)ccc32)cc1. The molecule has 4 heteroatoms. The molecule has 14 aromatic rings. The van der Waals surface area contributed by atoms with E-state index in [2.05, 4.69) is 287 Å². The molecule has 0 N–H and O–H groups in total. The van der Waals surface area contributed by atoms with Gasteiger partial charge in [0.1, 0.15) is 0 Å². The van der Waals surface area contributed by atoms with Crippen LogP contribution in [0.25, 0.3) is 93.6 Å². The average Bonchev–Trinajstić information content (AvgIpc) is 4.08. The molecule has 3 aromatic heterocycles. The smallest absolute Gasteiger partial charge is 0.181 e. The van der Waals surface area contributed by atoms with E-state index in [0.29, 0.717) is 0 Å². The van der Waals surface area contributed by atoms with E-state index in [0.717, 1.165) is 22.6 Å². The summed E-state index contributed by atoms with van der Waals surface area (Å²) in [6.45, 7) is 0. The summed E-state index contributed by atoms with van der Waals surface area (Å²) >= 11 is 0. The van der Waals surface area contributed by atoms with Crippen molar-refractivity contribution in [3.8, 4) is 28.2 Å². The first-order chi connectivity index (χ1) is 34.8. The highest BCUT2D eigenvalue weighted by Crippen LogP contribution is 2.41. The second kappa shape index (κ2) is 16.1. The number of nitrogens with zero attached hydrogens (tertiary/aromatic N) is 3. The molecular weight excluding hydrogens is 863 g/mol. The molecule has 0 bridgehead atoms. The third-order valence-electron chi connectivity index (χ3n) is 14.8. The van der Waals surface area contributed by atoms with E-state index in [4.69, 9.17) is 0 Å². The van der Waals surface area contributed by atoms with E-state index in [9.17, 15) is 0 Å². The molecule has 11 aromatic carbocycles. The van der Waals surface area contributed by atoms with Crippen LogP contribution in [0.15, 0.2) is 273 Å². The van der Waals surface area contributed by atoms with Crippen LogP contribution in [0.3, 0.4) is 0 Å². The zero-order chi connectivity index (χ0) is 46.2. The number of aromatic nitrogens is 3. The summed E-state index contributed by atoms with van der Waals surface area (Å²) in [6, 6.07) is 102. The normalized spacial score (nSPS) is 12.0. The van der Waals surface area contributed by atoms with Crippen LogP contribution in [0.2, 0.25) is 0 Å². The van der Waals surface area contributed by atoms with Gasteiger partial charge in [0.25, 0.3) is 0 Å². The second-order valence-corrected chi connectivity index (χ2v) is 22.2. The lowest BCUT2D eigenvalue weighted by Gasteiger charge is -2.35. The quantitative estimate of drug-likeness (QED) is 0.107. The molecule has 0 atom stereocenters. The summed E-state index contributed by atoms with van der Waals surface area (Å²) < 4.78 is 7.52. The fraction of sp³-hybridized carbons (Fsp3) is 0. The molecule has 0 spiro atoms. The van der Waals surface area contributed by atoms with Crippen molar-refractivity contribution in [2.45, 2.75) is 0 Å². The zero-order valence-corrected chi connectivity index (χ0v) is 39.3. The van der Waals surface area contributed by atoms with Gasteiger partial charge in [-0.1, -0.05) is 218 Å². The second-order valence-electron chi connectivity index (χ2n) is 18.4. The molecule has 0 amide bonds. The van der Waals surface area contributed by atoms with Crippen molar-refractivity contribution in [1.29, 1.82) is 0 Å². The molecule has 0 saturated carbocycles. The maximum Gasteiger partial charge on any atom is 0.181 e. The molecular formula is C66H45N3Si. The third-order valence-corrected chi connectivity index (χ3v) is 19.6. The lowest BCUT2D eigenvalue weighted by Crippen LogP contribution is -2.75. The first-order valence-electron chi connectivity index (χ1n) is 24.2. The van der Waals surface area contributed by atoms with Crippen molar-refractivity contribution in [2.75, 3.05) is 0 Å². The Morgan fingerprint density at radius 1 is 0.257 bits per heavy atom. The van der Waals surface area contributed by atoms with Gasteiger partial charge in [-0.25, -0.2) is 0 Å². The molecule has 328 valence electrons. The van der Waals surface area contributed by atoms with E-state index in [-0.39, 0.29) is 0 Å². The van der Waals surface area contributed by atoms with Gasteiger partial charge in [0.15, 0.2) is 8.07 Å². The summed E-state index contributed by atoms with van der Waals surface area (Å²) in [5.74, 6) is 0. The van der Waals surface area contributed by atoms with E-state index in [1.807, 2.05) is 0 Å². The standard InChI is InChI=1S/C66H45N3Si/c1-5-22-46(23-6-1)52-30-13-17-35-59(52)69-62-38-20-16-33-55(62)58-44-47(41-43-63(58)69)68-64-45-48(67-60-36-18-14-31-53(60)54-32-15-19-37-61(54)67)40-42-56(64)57-34-21-39-65(66(57)68)70(49-24-7-2-8-25-49,50-26-9-3-10-27-50)51-28-11-4-12-29-51/h1-45H. The van der Waals surface area contributed by atoms with E-state index < -0.39 is 8.07 Å². The van der Waals surface area contributed by atoms with Crippen molar-refractivity contribution in [3.63, 3.8) is 0 Å². The number of rotatable bonds is 8. The Balaban J connectivity index is 1.13. The lowest BCUT2D eigenvalue weighted by molar-refractivity contribution is 1.15. The van der Waals surface area contributed by atoms with Crippen molar-refractivity contribution < 1.29 is 0 Å². The predicted octanol–water partition coefficient (Wildman–Crippen LogP) is 14.0. The molecule has 3 heterocycles. The van der Waals surface area contributed by atoms with Crippen LogP contribution in [-0.2, 0) is 0 Å². The molecule has 0 saturated heterocycles. The molecule has 0 unspecified atom stereocenters. The van der Waals surface area contributed by atoms with Crippen LogP contribution in [0.1, 0.15) is 0 Å². The van der Waals surface area contributed by atoms with Crippen LogP contribution in [0.4, 0.5) is 0 Å². The zero-order valence-electron chi connectivity index (χ0n) is 38.3. The highest BCUT2D eigenvalue weighted by atomic mass is 28.3. The molecule has 0 aliphatic rings. The Bertz CT molecular complexity index is 4130. The number of hydrogen-bond donors (Lipinski definition) is 0. The summed E-state index contributed by atoms with van der Waals surface area (Å²) in [5, 5.41) is 12.8. The monoisotopic (exact) mass is 907 g/mol. The summed E-state index contributed by atoms with van der Waals surface area (Å²) in [7, 11) is -3.04. The Morgan fingerprint density at radius 3 is 1.31 bits per heavy atom. The summed E-state index contributed by atoms with van der Waals surface area (Å²) in [5.41, 5.74) is 12.9. The number of benzene rings is 11. The largest absolute Gasteiger partial charge is 0.309 e. The first-order valence-corrected chi connectivity index (χ1v) is 26.2. The van der Waals surface area contributed by atoms with Gasteiger partial charge in [0.05, 0.1) is 38.8 Å². The van der Waals surface area contributed by atoms with Gasteiger partial charge in [0, 0.05) is 49.3 Å². The van der Waals surface area contributed by atoms with Gasteiger partial charge in [-0.05, 0) is 80.9 Å². The van der Waals surface area contributed by atoms with Gasteiger partial charge in [0.2, 0.25) is 0 Å². The minimum absolute atomic E-state index is 1.12. The van der Waals surface area contributed by atoms with Crippen LogP contribution >= 0.6 is 0 Å². The molecule has 0 radical (unpaired) electrons. The highest BCUT2D eigenvalue weighted by molar-refractivity contribution is 7.20. The van der Waals surface area contributed by atoms with E-state index in [1.54, 1.807) is 0 Å². The van der Waals surface area contributed by atoms with Crippen LogP contribution < -0.4 is 20.7 Å². The van der Waals surface area contributed by atoms with Crippen molar-refractivity contribution in [3.05, 3.63) is 273 Å². The molecule has 70 heavy (non-hydrogen) atoms. The van der Waals surface area contributed by atoms with Crippen LogP contribution in [-0.4, -0.2) is 21.8 Å². The van der Waals surface area contributed by atoms with Crippen LogP contribution in [0, 0.1) is 0 Å². The predicted molar refractivity (Wildman–Crippen MR) is 299 cm³/mol. The third kappa shape index (κ3) is 5.94. The lowest BCUT2D eigenvalue weighted by atomic mass is 10.0. The Hall–Kier alpha value is -8.96. The minimum Gasteiger partial charge on any atom is -0.309 e. The van der Waals surface area contributed by atoms with E-state index in [1.165, 1.54) is 91.8 Å². The van der Waals surface area contributed by atoms with Crippen molar-refractivity contribution in [1.82, 2.24) is 13.7 Å². The molecule has 0 aliphatic carbocycles. The van der Waals surface area contributed by atoms with Gasteiger partial charge in [-0.2, -0.15) is 0 Å². The fourth-order valence-electron chi connectivity index (χ4n) is 11.9. The van der Waals surface area contributed by atoms with Crippen LogP contribution in [0.5, 0.6) is 0 Å². The maximum absolute atomic E-state index is 3.04. The Kier molecular flexibility index (Phi) is 9.23. The van der Waals surface area contributed by atoms with Crippen molar-refractivity contribution in [2.24, 2.45) is 0 Å². The first kappa shape index (κ1) is 40.1. The van der Waals surface area contributed by atoms with Crippen molar-refractivity contribution >= 4 is 94.2 Å². The van der Waals surface area contributed by atoms with E-state index >= 15 is 0 Å².